The molecule has 0 saturated heterocycles. The highest BCUT2D eigenvalue weighted by Crippen LogP contribution is 2.43. The fourth-order valence-corrected chi connectivity index (χ4v) is 2.62. The summed E-state index contributed by atoms with van der Waals surface area (Å²) in [5, 5.41) is 14.7. The molecule has 9 heteroatoms. The van der Waals surface area contributed by atoms with Gasteiger partial charge in [-0.2, -0.15) is 5.10 Å². The molecular weight excluding hydrogens is 348 g/mol. The van der Waals surface area contributed by atoms with Crippen LogP contribution >= 0.6 is 10.9 Å². The molecule has 0 unspecified atom stereocenters. The molecule has 8 nitrogen and oxygen atoms in total. The fraction of sp³-hybridized carbons (Fsp3) is 0. The number of rotatable bonds is 4. The van der Waals surface area contributed by atoms with Gasteiger partial charge in [-0.15, -0.1) is 0 Å². The summed E-state index contributed by atoms with van der Waals surface area (Å²) in [6, 6.07) is 12.7. The summed E-state index contributed by atoms with van der Waals surface area (Å²) in [6.07, 6.45) is 1.09. The summed E-state index contributed by atoms with van der Waals surface area (Å²) in [7, 11) is -4.19. The van der Waals surface area contributed by atoms with Gasteiger partial charge >= 0.3 is 0 Å². The molecule has 0 atom stereocenters. The zero-order valence-corrected chi connectivity index (χ0v) is 13.4. The van der Waals surface area contributed by atoms with Gasteiger partial charge in [-0.05, 0) is 45.9 Å². The fourth-order valence-electron chi connectivity index (χ4n) is 2.17. The molecular formula is C16H13N2O6S-. The second kappa shape index (κ2) is 6.57. The van der Waals surface area contributed by atoms with E-state index in [9.17, 15) is 14.5 Å². The van der Waals surface area contributed by atoms with Crippen LogP contribution < -0.4 is 5.43 Å². The van der Waals surface area contributed by atoms with Gasteiger partial charge in [-0.25, -0.2) is 5.43 Å². The lowest BCUT2D eigenvalue weighted by Gasteiger charge is -2.29. The Kier molecular flexibility index (Phi) is 4.47. The van der Waals surface area contributed by atoms with Gasteiger partial charge in [0.05, 0.1) is 11.8 Å². The number of hydrogen-bond acceptors (Lipinski definition) is 7. The molecule has 1 aromatic heterocycles. The number of aromatic hydroxyl groups is 1. The van der Waals surface area contributed by atoms with Gasteiger partial charge in [0.1, 0.15) is 11.5 Å². The predicted octanol–water partition coefficient (Wildman–Crippen LogP) is 3.14. The molecule has 3 rings (SSSR count). The van der Waals surface area contributed by atoms with Crippen LogP contribution in [0.1, 0.15) is 16.1 Å². The van der Waals surface area contributed by atoms with Gasteiger partial charge < -0.3 is 23.2 Å². The van der Waals surface area contributed by atoms with E-state index in [-0.39, 0.29) is 17.1 Å². The molecule has 0 bridgehead atoms. The van der Waals surface area contributed by atoms with Crippen LogP contribution in [0.2, 0.25) is 0 Å². The van der Waals surface area contributed by atoms with Crippen molar-refractivity contribution in [1.82, 2.24) is 5.43 Å². The van der Waals surface area contributed by atoms with Crippen molar-refractivity contribution in [2.24, 2.45) is 5.10 Å². The van der Waals surface area contributed by atoms with E-state index in [0.29, 0.717) is 0 Å². The third-order valence-electron chi connectivity index (χ3n) is 3.33. The van der Waals surface area contributed by atoms with Gasteiger partial charge in [0.2, 0.25) is 0 Å². The zero-order valence-electron chi connectivity index (χ0n) is 12.6. The van der Waals surface area contributed by atoms with Crippen molar-refractivity contribution < 1.29 is 28.0 Å². The number of hydrogen-bond donors (Lipinski definition) is 4. The van der Waals surface area contributed by atoms with Crippen LogP contribution in [0, 0.1) is 0 Å². The van der Waals surface area contributed by atoms with Crippen LogP contribution in [-0.4, -0.2) is 30.9 Å². The first-order chi connectivity index (χ1) is 11.8. The molecule has 0 aliphatic rings. The second-order valence-electron chi connectivity index (χ2n) is 5.07. The number of fused-ring (bicyclic) bond motifs is 1. The van der Waals surface area contributed by atoms with E-state index in [1.165, 1.54) is 18.2 Å². The largest absolute Gasteiger partial charge is 0.767 e. The normalized spacial score (nSPS) is 12.6. The Labute approximate surface area is 143 Å². The lowest BCUT2D eigenvalue weighted by atomic mass is 10.1. The van der Waals surface area contributed by atoms with Crippen molar-refractivity contribution in [3.05, 3.63) is 59.9 Å². The molecule has 0 saturated carbocycles. The number of amides is 1. The third-order valence-corrected chi connectivity index (χ3v) is 4.07. The first-order valence-corrected chi connectivity index (χ1v) is 8.46. The quantitative estimate of drug-likeness (QED) is 0.416. The number of benzene rings is 2. The van der Waals surface area contributed by atoms with E-state index in [1.807, 2.05) is 18.2 Å². The van der Waals surface area contributed by atoms with E-state index in [1.54, 1.807) is 6.07 Å². The number of phenols is 1. The molecule has 25 heavy (non-hydrogen) atoms. The SMILES string of the molecule is O=C(N/N=C/c1ccc(S([O-])(O)O)o1)c1cc2ccccc2cc1O. The minimum Gasteiger partial charge on any atom is -0.767 e. The molecule has 4 N–H and O–H groups in total. The monoisotopic (exact) mass is 361 g/mol. The van der Waals surface area contributed by atoms with E-state index in [0.717, 1.165) is 23.1 Å². The summed E-state index contributed by atoms with van der Waals surface area (Å²) in [5.74, 6) is -0.778. The third kappa shape index (κ3) is 3.80. The Morgan fingerprint density at radius 2 is 1.84 bits per heavy atom. The van der Waals surface area contributed by atoms with Crippen LogP contribution in [0.3, 0.4) is 0 Å². The molecule has 3 aromatic rings. The van der Waals surface area contributed by atoms with Gasteiger partial charge in [0.15, 0.2) is 5.09 Å². The van der Waals surface area contributed by atoms with Crippen molar-refractivity contribution in [1.29, 1.82) is 0 Å². The first-order valence-electron chi connectivity index (χ1n) is 6.99. The summed E-state index contributed by atoms with van der Waals surface area (Å²) in [5.41, 5.74) is 2.26. The summed E-state index contributed by atoms with van der Waals surface area (Å²) in [4.78, 5) is 12.1. The van der Waals surface area contributed by atoms with Crippen LogP contribution in [0.25, 0.3) is 10.8 Å². The van der Waals surface area contributed by atoms with E-state index in [4.69, 9.17) is 13.5 Å². The van der Waals surface area contributed by atoms with Gasteiger partial charge in [-0.3, -0.25) is 4.79 Å². The van der Waals surface area contributed by atoms with Crippen molar-refractivity contribution >= 4 is 33.8 Å². The maximum Gasteiger partial charge on any atom is 0.275 e. The highest BCUT2D eigenvalue weighted by Gasteiger charge is 2.13. The van der Waals surface area contributed by atoms with Crippen LogP contribution in [-0.2, 0) is 0 Å². The van der Waals surface area contributed by atoms with Gasteiger partial charge in [-0.1, -0.05) is 24.3 Å². The van der Waals surface area contributed by atoms with Crippen LogP contribution in [0.5, 0.6) is 5.75 Å². The maximum atomic E-state index is 12.1. The Morgan fingerprint density at radius 3 is 2.48 bits per heavy atom. The maximum absolute atomic E-state index is 12.1. The highest BCUT2D eigenvalue weighted by molar-refractivity contribution is 8.19. The number of furan rings is 1. The number of carbonyl (C=O) groups is 1. The Hall–Kier alpha value is -2.85. The molecule has 2 aromatic carbocycles. The number of nitrogens with zero attached hydrogens (tertiary/aromatic N) is 1. The van der Waals surface area contributed by atoms with Crippen LogP contribution in [0.15, 0.2) is 63.1 Å². The van der Waals surface area contributed by atoms with Gasteiger partial charge in [0, 0.05) is 0 Å². The number of phenolic OH excluding ortho intramolecular Hbond substituents is 1. The van der Waals surface area contributed by atoms with Crippen molar-refractivity contribution in [3.8, 4) is 5.75 Å². The number of nitrogens with one attached hydrogen (secondary N) is 1. The topological polar surface area (TPSA) is 138 Å². The standard InChI is InChI=1S/C16H14N2O6S/c19-14-8-11-4-2-1-3-10(11)7-13(14)16(20)18-17-9-12-5-6-15(24-12)25(21,22)23/h1-9,19,21-23H,(H,18,20)/p-1/b17-9+. The number of carbonyl (C=O) groups excluding carboxylic acids is 1. The molecule has 0 aliphatic carbocycles. The summed E-state index contributed by atoms with van der Waals surface area (Å²) < 4.78 is 33.7. The highest BCUT2D eigenvalue weighted by atomic mass is 32.3. The molecule has 130 valence electrons. The molecule has 1 amide bonds. The Balaban J connectivity index is 1.74. The van der Waals surface area contributed by atoms with Crippen molar-refractivity contribution in [3.63, 3.8) is 0 Å². The average Bonchev–Trinajstić information content (AvgIpc) is 3.03. The lowest BCUT2D eigenvalue weighted by molar-refractivity contribution is 0.0952. The number of hydrazone groups is 1. The van der Waals surface area contributed by atoms with Crippen molar-refractivity contribution in [2.45, 2.75) is 5.09 Å². The Morgan fingerprint density at radius 1 is 1.16 bits per heavy atom. The van der Waals surface area contributed by atoms with E-state index in [2.05, 4.69) is 10.5 Å². The first kappa shape index (κ1) is 17.0. The molecule has 1 heterocycles. The van der Waals surface area contributed by atoms with E-state index < -0.39 is 21.9 Å². The second-order valence-corrected chi connectivity index (χ2v) is 6.46. The summed E-state index contributed by atoms with van der Waals surface area (Å²) in [6.45, 7) is 0. The minimum atomic E-state index is -4.19. The Bertz CT molecular complexity index is 961. The predicted molar refractivity (Wildman–Crippen MR) is 91.3 cm³/mol. The van der Waals surface area contributed by atoms with Gasteiger partial charge in [0.25, 0.3) is 5.91 Å². The zero-order chi connectivity index (χ0) is 18.0. The molecule has 0 radical (unpaired) electrons. The molecule has 0 spiro atoms. The smallest absolute Gasteiger partial charge is 0.275 e. The molecule has 0 aliphatic heterocycles. The van der Waals surface area contributed by atoms with Crippen LogP contribution in [0.4, 0.5) is 0 Å². The van der Waals surface area contributed by atoms with E-state index >= 15 is 0 Å². The minimum absolute atomic E-state index is 0.0460. The average molecular weight is 361 g/mol. The lowest BCUT2D eigenvalue weighted by Crippen LogP contribution is -2.17. The summed E-state index contributed by atoms with van der Waals surface area (Å²) >= 11 is 0. The van der Waals surface area contributed by atoms with Crippen molar-refractivity contribution in [2.75, 3.05) is 0 Å². The molecule has 0 fully saturated rings.